The fourth-order valence-electron chi connectivity index (χ4n) is 4.41. The van der Waals surface area contributed by atoms with E-state index in [0.29, 0.717) is 37.3 Å². The summed E-state index contributed by atoms with van der Waals surface area (Å²) in [4.78, 5) is 37.4. The Hall–Kier alpha value is -2.62. The number of rotatable bonds is 11. The zero-order valence-corrected chi connectivity index (χ0v) is 26.2. The Balaban J connectivity index is 2.28. The maximum absolute atomic E-state index is 14.1. The number of hydrogen-bond donors (Lipinski definition) is 2. The van der Waals surface area contributed by atoms with E-state index in [9.17, 15) is 32.9 Å². The van der Waals surface area contributed by atoms with Gasteiger partial charge in [-0.05, 0) is 79.9 Å². The molecule has 2 N–H and O–H groups in total. The third kappa shape index (κ3) is 9.99. The lowest BCUT2D eigenvalue weighted by Gasteiger charge is -2.41. The zero-order chi connectivity index (χ0) is 32.0. The Kier molecular flexibility index (Phi) is 12.1. The zero-order valence-electron chi connectivity index (χ0n) is 25.4. The van der Waals surface area contributed by atoms with Gasteiger partial charge in [0.2, 0.25) is 0 Å². The number of nitrogens with zero attached hydrogens (tertiary/aromatic N) is 3. The number of nitro groups is 1. The molecule has 0 bridgehead atoms. The molecule has 0 unspecified atom stereocenters. The second kappa shape index (κ2) is 14.2. The van der Waals surface area contributed by atoms with Crippen molar-refractivity contribution in [1.29, 1.82) is 0 Å². The van der Waals surface area contributed by atoms with Crippen molar-refractivity contribution in [2.45, 2.75) is 108 Å². The highest BCUT2D eigenvalue weighted by molar-refractivity contribution is 8.01. The van der Waals surface area contributed by atoms with Gasteiger partial charge in [-0.1, -0.05) is 0 Å². The molecular weight excluding hydrogens is 579 g/mol. The lowest BCUT2D eigenvalue weighted by molar-refractivity contribution is -0.387. The lowest BCUT2D eigenvalue weighted by Crippen LogP contribution is -2.60. The number of ether oxygens (including phenoxy) is 2. The number of nitro benzene ring substituents is 1. The van der Waals surface area contributed by atoms with Gasteiger partial charge >= 0.3 is 18.2 Å². The van der Waals surface area contributed by atoms with Gasteiger partial charge in [-0.2, -0.15) is 18.7 Å². The van der Waals surface area contributed by atoms with E-state index in [1.807, 2.05) is 18.9 Å². The number of hydrazine groups is 2. The number of likely N-dealkylation sites (tertiary alicyclic amines) is 1. The van der Waals surface area contributed by atoms with Crippen LogP contribution in [0.2, 0.25) is 0 Å². The molecule has 15 heteroatoms. The maximum atomic E-state index is 14.1. The summed E-state index contributed by atoms with van der Waals surface area (Å²) in [6, 6.07) is 1.31. The smallest absolute Gasteiger partial charge is 0.416 e. The monoisotopic (exact) mass is 621 g/mol. The highest BCUT2D eigenvalue weighted by Crippen LogP contribution is 2.43. The average molecular weight is 622 g/mol. The fourth-order valence-corrected chi connectivity index (χ4v) is 5.52. The fraction of sp³-hybridized carbons (Fsp3) is 0.704. The molecular formula is C27H42F3N5O6S. The summed E-state index contributed by atoms with van der Waals surface area (Å²) in [5, 5.41) is 13.7. The predicted octanol–water partition coefficient (Wildman–Crippen LogP) is 5.67. The first kappa shape index (κ1) is 35.6. The van der Waals surface area contributed by atoms with Crippen LogP contribution in [0.5, 0.6) is 0 Å². The van der Waals surface area contributed by atoms with Crippen LogP contribution in [0.25, 0.3) is 0 Å². The summed E-state index contributed by atoms with van der Waals surface area (Å²) in [6.45, 7) is 14.1. The van der Waals surface area contributed by atoms with E-state index in [4.69, 9.17) is 9.47 Å². The summed E-state index contributed by atoms with van der Waals surface area (Å²) < 4.78 is 51.5. The quantitative estimate of drug-likeness (QED) is 0.138. The number of halogens is 3. The van der Waals surface area contributed by atoms with Gasteiger partial charge in [0.1, 0.15) is 10.3 Å². The number of alkyl halides is 3. The van der Waals surface area contributed by atoms with Gasteiger partial charge in [-0.15, -0.1) is 11.8 Å². The van der Waals surface area contributed by atoms with Gasteiger partial charge in [0, 0.05) is 37.8 Å². The summed E-state index contributed by atoms with van der Waals surface area (Å²) in [5.74, 6) is -0.700. The summed E-state index contributed by atoms with van der Waals surface area (Å²) in [7, 11) is 0. The molecule has 1 aliphatic heterocycles. The van der Waals surface area contributed by atoms with Crippen LogP contribution in [0.15, 0.2) is 17.0 Å². The molecule has 1 heterocycles. The van der Waals surface area contributed by atoms with Gasteiger partial charge in [-0.3, -0.25) is 14.9 Å². The second-order valence-corrected chi connectivity index (χ2v) is 13.4. The molecule has 1 aromatic rings. The maximum Gasteiger partial charge on any atom is 0.416 e. The molecule has 1 atom stereocenters. The average Bonchev–Trinajstić information content (AvgIpc) is 2.85. The molecule has 11 nitrogen and oxygen atoms in total. The Morgan fingerprint density at radius 3 is 2.38 bits per heavy atom. The van der Waals surface area contributed by atoms with Crippen LogP contribution in [0.4, 0.5) is 23.7 Å². The molecule has 2 rings (SSSR count). The number of hydrogen-bond acceptors (Lipinski definition) is 10. The number of amides is 1. The van der Waals surface area contributed by atoms with Crippen LogP contribution in [-0.4, -0.2) is 69.0 Å². The normalized spacial score (nSPS) is 16.6. The van der Waals surface area contributed by atoms with Crippen molar-refractivity contribution in [1.82, 2.24) is 20.9 Å². The number of benzene rings is 1. The van der Waals surface area contributed by atoms with Crippen LogP contribution in [0, 0.1) is 10.1 Å². The minimum absolute atomic E-state index is 0.0591. The van der Waals surface area contributed by atoms with Crippen molar-refractivity contribution in [2.75, 3.05) is 19.7 Å². The van der Waals surface area contributed by atoms with E-state index >= 15 is 0 Å². The molecule has 1 aliphatic rings. The number of thioether (sulfide) groups is 1. The Morgan fingerprint density at radius 2 is 1.86 bits per heavy atom. The van der Waals surface area contributed by atoms with Crippen LogP contribution in [-0.2, 0) is 27.0 Å². The first-order chi connectivity index (χ1) is 19.3. The van der Waals surface area contributed by atoms with E-state index in [2.05, 4.69) is 11.0 Å². The van der Waals surface area contributed by atoms with E-state index in [1.165, 1.54) is 13.8 Å². The van der Waals surface area contributed by atoms with E-state index in [-0.39, 0.29) is 29.1 Å². The number of esters is 1. The van der Waals surface area contributed by atoms with Crippen molar-refractivity contribution in [3.63, 3.8) is 0 Å². The molecule has 1 saturated heterocycles. The largest absolute Gasteiger partial charge is 0.465 e. The van der Waals surface area contributed by atoms with Gasteiger partial charge in [0.05, 0.1) is 22.0 Å². The third-order valence-corrected chi connectivity index (χ3v) is 7.53. The van der Waals surface area contributed by atoms with Crippen LogP contribution in [0.1, 0.15) is 79.4 Å². The predicted molar refractivity (Wildman–Crippen MR) is 152 cm³/mol. The molecule has 1 amide bonds. The summed E-state index contributed by atoms with van der Waals surface area (Å²) in [5.41, 5.74) is 3.13. The molecule has 42 heavy (non-hydrogen) atoms. The minimum Gasteiger partial charge on any atom is -0.465 e. The lowest BCUT2D eigenvalue weighted by atomic mass is 10.0. The SMILES string of the molecule is CCOC(=O)C(C)(C)Sc1cc(C(F)(F)F)c(CNNN(C(C)C)[C@@H]2CCCN(C(=O)OC(C)(C)C)C2)cc1[N+](=O)[O-]. The molecule has 1 fully saturated rings. The number of piperidine rings is 1. The molecule has 0 saturated carbocycles. The van der Waals surface area contributed by atoms with Crippen molar-refractivity contribution >= 4 is 29.5 Å². The van der Waals surface area contributed by atoms with E-state index < -0.39 is 51.3 Å². The molecule has 0 aliphatic carbocycles. The topological polar surface area (TPSA) is 126 Å². The highest BCUT2D eigenvalue weighted by Gasteiger charge is 2.39. The first-order valence-corrected chi connectivity index (χ1v) is 14.6. The first-order valence-electron chi connectivity index (χ1n) is 13.8. The van der Waals surface area contributed by atoms with E-state index in [1.54, 1.807) is 32.6 Å². The van der Waals surface area contributed by atoms with Crippen molar-refractivity contribution < 1.29 is 37.2 Å². The van der Waals surface area contributed by atoms with Gasteiger partial charge < -0.3 is 14.4 Å². The second-order valence-electron chi connectivity index (χ2n) is 11.8. The Morgan fingerprint density at radius 1 is 1.21 bits per heavy atom. The van der Waals surface area contributed by atoms with Gasteiger partial charge in [0.25, 0.3) is 5.69 Å². The molecule has 0 spiro atoms. The highest BCUT2D eigenvalue weighted by atomic mass is 32.2. The Labute approximate surface area is 248 Å². The summed E-state index contributed by atoms with van der Waals surface area (Å²) in [6.07, 6.45) is -3.81. The van der Waals surface area contributed by atoms with Crippen molar-refractivity contribution in [2.24, 2.45) is 0 Å². The van der Waals surface area contributed by atoms with E-state index in [0.717, 1.165) is 12.5 Å². The van der Waals surface area contributed by atoms with Crippen molar-refractivity contribution in [3.05, 3.63) is 33.4 Å². The molecule has 238 valence electrons. The standard InChI is InChI=1S/C27H42F3N5O6S/c1-9-40-23(36)26(7,8)42-22-14-20(27(28,29)30)18(13-21(22)35(38)39)15-31-32-34(17(2)3)19-11-10-12-33(16-19)24(37)41-25(4,5)6/h13-14,17,19,31-32H,9-12,15-16H2,1-8H3/t19-/m1/s1. The van der Waals surface area contributed by atoms with Gasteiger partial charge in [0.15, 0.2) is 0 Å². The minimum atomic E-state index is -4.81. The number of carbonyl (C=O) groups is 2. The number of carbonyl (C=O) groups excluding carboxylic acids is 2. The third-order valence-electron chi connectivity index (χ3n) is 6.30. The summed E-state index contributed by atoms with van der Waals surface area (Å²) >= 11 is 0.642. The van der Waals surface area contributed by atoms with Crippen molar-refractivity contribution in [3.8, 4) is 0 Å². The van der Waals surface area contributed by atoms with Crippen LogP contribution < -0.4 is 11.0 Å². The van der Waals surface area contributed by atoms with Crippen LogP contribution in [0.3, 0.4) is 0 Å². The molecule has 1 aromatic carbocycles. The molecule has 0 radical (unpaired) electrons. The molecule has 0 aromatic heterocycles. The van der Waals surface area contributed by atoms with Crippen LogP contribution >= 0.6 is 11.8 Å². The number of nitrogens with one attached hydrogen (secondary N) is 2. The Bertz CT molecular complexity index is 1130. The van der Waals surface area contributed by atoms with Gasteiger partial charge in [-0.25, -0.2) is 15.2 Å².